The first-order valence-corrected chi connectivity index (χ1v) is 10.1. The molecule has 6 nitrogen and oxygen atoms in total. The van der Waals surface area contributed by atoms with Crippen molar-refractivity contribution in [3.8, 4) is 0 Å². The van der Waals surface area contributed by atoms with Gasteiger partial charge in [0, 0.05) is 32.0 Å². The van der Waals surface area contributed by atoms with Gasteiger partial charge < -0.3 is 10.1 Å². The molecule has 0 atom stereocenters. The Balaban J connectivity index is 1.90. The number of benzene rings is 1. The second-order valence-electron chi connectivity index (χ2n) is 6.45. The number of carbonyl (C=O) groups excluding carboxylic acids is 2. The number of aryl methyl sites for hydroxylation is 1. The maximum atomic E-state index is 12.7. The number of carbonyl (C=O) groups is 2. The molecule has 0 bridgehead atoms. The van der Waals surface area contributed by atoms with Gasteiger partial charge in [-0.25, -0.2) is 8.42 Å². The molecule has 1 fully saturated rings. The van der Waals surface area contributed by atoms with Gasteiger partial charge in [-0.3, -0.25) is 4.79 Å². The Labute approximate surface area is 149 Å². The number of nitrogens with zero attached hydrogens (tertiary/aromatic N) is 1. The van der Waals surface area contributed by atoms with Crippen LogP contribution in [0.1, 0.15) is 45.1 Å². The molecule has 25 heavy (non-hydrogen) atoms. The number of hydrogen-bond donors (Lipinski definition) is 1. The molecule has 138 valence electrons. The Hall–Kier alpha value is -1.73. The van der Waals surface area contributed by atoms with Crippen LogP contribution in [0.25, 0.3) is 0 Å². The van der Waals surface area contributed by atoms with E-state index in [-0.39, 0.29) is 30.6 Å². The topological polar surface area (TPSA) is 83.6 Å². The molecule has 1 N–H and O–H groups in total. The predicted molar refractivity (Wildman–Crippen MR) is 95.7 cm³/mol. The minimum absolute atomic E-state index is 0.00912. The zero-order valence-electron chi connectivity index (χ0n) is 14.8. The van der Waals surface area contributed by atoms with Crippen molar-refractivity contribution in [2.24, 2.45) is 0 Å². The monoisotopic (exact) mass is 366 g/mol. The highest BCUT2D eigenvalue weighted by atomic mass is 32.2. The predicted octanol–water partition coefficient (Wildman–Crippen LogP) is 1.89. The molecule has 0 radical (unpaired) electrons. The third kappa shape index (κ3) is 5.37. The number of Topliss-reactive ketones (excluding diaryl/α,β-unsaturated/α-hetero) is 1. The maximum Gasteiger partial charge on any atom is 0.243 e. The third-order valence-electron chi connectivity index (χ3n) is 4.49. The molecule has 1 aliphatic heterocycles. The van der Waals surface area contributed by atoms with Crippen molar-refractivity contribution in [1.82, 2.24) is 9.62 Å². The number of piperidine rings is 1. The molecule has 1 aliphatic rings. The molecule has 1 heterocycles. The quantitative estimate of drug-likeness (QED) is 0.799. The van der Waals surface area contributed by atoms with E-state index in [0.717, 1.165) is 12.0 Å². The zero-order chi connectivity index (χ0) is 18.4. The smallest absolute Gasteiger partial charge is 0.243 e. The third-order valence-corrected chi connectivity index (χ3v) is 6.41. The fourth-order valence-electron chi connectivity index (χ4n) is 2.88. The van der Waals surface area contributed by atoms with Crippen LogP contribution in [-0.2, 0) is 26.0 Å². The van der Waals surface area contributed by atoms with E-state index in [0.29, 0.717) is 30.8 Å². The summed E-state index contributed by atoms with van der Waals surface area (Å²) in [5.41, 5.74) is 1.10. The van der Waals surface area contributed by atoms with Crippen LogP contribution in [0.4, 0.5) is 0 Å². The van der Waals surface area contributed by atoms with Crippen LogP contribution in [0.5, 0.6) is 0 Å². The van der Waals surface area contributed by atoms with E-state index in [4.69, 9.17) is 0 Å². The molecule has 1 aromatic carbocycles. The summed E-state index contributed by atoms with van der Waals surface area (Å²) in [5, 5.41) is 2.89. The van der Waals surface area contributed by atoms with Crippen LogP contribution in [0.15, 0.2) is 29.2 Å². The Morgan fingerprint density at radius 3 is 2.24 bits per heavy atom. The molecule has 2 rings (SSSR count). The van der Waals surface area contributed by atoms with Gasteiger partial charge in [0.15, 0.2) is 0 Å². The number of rotatable bonds is 7. The first-order chi connectivity index (χ1) is 11.8. The Morgan fingerprint density at radius 2 is 1.72 bits per heavy atom. The van der Waals surface area contributed by atoms with Gasteiger partial charge in [-0.05, 0) is 43.9 Å². The lowest BCUT2D eigenvalue weighted by atomic mass is 10.1. The summed E-state index contributed by atoms with van der Waals surface area (Å²) >= 11 is 0. The average Bonchev–Trinajstić information content (AvgIpc) is 2.60. The van der Waals surface area contributed by atoms with E-state index in [1.807, 2.05) is 19.1 Å². The Bertz CT molecular complexity index is 705. The summed E-state index contributed by atoms with van der Waals surface area (Å²) in [6.45, 7) is 4.26. The van der Waals surface area contributed by atoms with Gasteiger partial charge in [0.2, 0.25) is 15.9 Å². The van der Waals surface area contributed by atoms with Crippen LogP contribution in [0, 0.1) is 0 Å². The zero-order valence-corrected chi connectivity index (χ0v) is 15.6. The van der Waals surface area contributed by atoms with Crippen molar-refractivity contribution in [3.05, 3.63) is 29.8 Å². The number of hydrogen-bond acceptors (Lipinski definition) is 4. The van der Waals surface area contributed by atoms with Gasteiger partial charge in [-0.2, -0.15) is 4.31 Å². The highest BCUT2D eigenvalue weighted by molar-refractivity contribution is 7.89. The van der Waals surface area contributed by atoms with Crippen molar-refractivity contribution in [2.75, 3.05) is 13.1 Å². The van der Waals surface area contributed by atoms with E-state index >= 15 is 0 Å². The van der Waals surface area contributed by atoms with Crippen LogP contribution < -0.4 is 5.32 Å². The molecule has 0 saturated carbocycles. The normalized spacial score (nSPS) is 16.6. The number of amides is 1. The van der Waals surface area contributed by atoms with E-state index in [9.17, 15) is 18.0 Å². The first kappa shape index (κ1) is 19.6. The molecule has 1 amide bonds. The molecule has 7 heteroatoms. The van der Waals surface area contributed by atoms with Gasteiger partial charge in [0.25, 0.3) is 0 Å². The van der Waals surface area contributed by atoms with Crippen molar-refractivity contribution in [3.63, 3.8) is 0 Å². The lowest BCUT2D eigenvalue weighted by Crippen LogP contribution is -2.46. The standard InChI is InChI=1S/C18H26N2O4S/c1-3-15-5-7-17(8-6-15)25(23,24)20-12-10-16(11-13-20)19-18(22)9-4-14(2)21/h5-8,16H,3-4,9-13H2,1-2H3,(H,19,22). The van der Waals surface area contributed by atoms with E-state index in [2.05, 4.69) is 5.32 Å². The Morgan fingerprint density at radius 1 is 1.12 bits per heavy atom. The Kier molecular flexibility index (Phi) is 6.72. The van der Waals surface area contributed by atoms with Crippen molar-refractivity contribution in [1.29, 1.82) is 0 Å². The molecule has 0 spiro atoms. The SMILES string of the molecule is CCc1ccc(S(=O)(=O)N2CCC(NC(=O)CCC(C)=O)CC2)cc1. The van der Waals surface area contributed by atoms with E-state index in [1.54, 1.807) is 12.1 Å². The second kappa shape index (κ2) is 8.58. The summed E-state index contributed by atoms with van der Waals surface area (Å²) in [7, 11) is -3.48. The highest BCUT2D eigenvalue weighted by Gasteiger charge is 2.29. The van der Waals surface area contributed by atoms with E-state index < -0.39 is 10.0 Å². The lowest BCUT2D eigenvalue weighted by Gasteiger charge is -2.31. The molecule has 0 unspecified atom stereocenters. The summed E-state index contributed by atoms with van der Waals surface area (Å²) in [6.07, 6.45) is 2.47. The molecular weight excluding hydrogens is 340 g/mol. The average molecular weight is 366 g/mol. The fourth-order valence-corrected chi connectivity index (χ4v) is 4.35. The molecular formula is C18H26N2O4S. The number of ketones is 1. The maximum absolute atomic E-state index is 12.7. The van der Waals surface area contributed by atoms with Crippen molar-refractivity contribution >= 4 is 21.7 Å². The van der Waals surface area contributed by atoms with Gasteiger partial charge in [0.1, 0.15) is 5.78 Å². The van der Waals surface area contributed by atoms with Gasteiger partial charge >= 0.3 is 0 Å². The fraction of sp³-hybridized carbons (Fsp3) is 0.556. The molecule has 0 aliphatic carbocycles. The number of sulfonamides is 1. The molecule has 1 saturated heterocycles. The highest BCUT2D eigenvalue weighted by Crippen LogP contribution is 2.21. The van der Waals surface area contributed by atoms with Crippen LogP contribution in [0.2, 0.25) is 0 Å². The molecule has 0 aromatic heterocycles. The van der Waals surface area contributed by atoms with Gasteiger partial charge in [-0.15, -0.1) is 0 Å². The summed E-state index contributed by atoms with van der Waals surface area (Å²) < 4.78 is 26.9. The van der Waals surface area contributed by atoms with Crippen LogP contribution >= 0.6 is 0 Å². The lowest BCUT2D eigenvalue weighted by molar-refractivity contribution is -0.125. The minimum Gasteiger partial charge on any atom is -0.353 e. The van der Waals surface area contributed by atoms with Crippen LogP contribution in [-0.4, -0.2) is 43.5 Å². The van der Waals surface area contributed by atoms with Crippen LogP contribution in [0.3, 0.4) is 0 Å². The van der Waals surface area contributed by atoms with Crippen molar-refractivity contribution < 1.29 is 18.0 Å². The first-order valence-electron chi connectivity index (χ1n) is 8.71. The molecule has 1 aromatic rings. The second-order valence-corrected chi connectivity index (χ2v) is 8.38. The van der Waals surface area contributed by atoms with Gasteiger partial charge in [0.05, 0.1) is 4.90 Å². The number of nitrogens with one attached hydrogen (secondary N) is 1. The summed E-state index contributed by atoms with van der Waals surface area (Å²) in [4.78, 5) is 23.0. The van der Waals surface area contributed by atoms with Crippen molar-refractivity contribution in [2.45, 2.75) is 56.9 Å². The summed E-state index contributed by atoms with van der Waals surface area (Å²) in [5.74, 6) is -0.156. The summed E-state index contributed by atoms with van der Waals surface area (Å²) in [6, 6.07) is 6.96. The van der Waals surface area contributed by atoms with E-state index in [1.165, 1.54) is 11.2 Å². The largest absolute Gasteiger partial charge is 0.353 e. The minimum atomic E-state index is -3.48. The van der Waals surface area contributed by atoms with Gasteiger partial charge in [-0.1, -0.05) is 19.1 Å².